The van der Waals surface area contributed by atoms with Gasteiger partial charge in [0, 0.05) is 5.75 Å². The van der Waals surface area contributed by atoms with E-state index in [9.17, 15) is 5.11 Å². The van der Waals surface area contributed by atoms with Crippen LogP contribution in [0.2, 0.25) is 0 Å². The monoisotopic (exact) mass is 420 g/mol. The molecule has 0 saturated carbocycles. The maximum Gasteiger partial charge on any atom is 0.136 e. The molecular formula is C26H44O2S. The average molecular weight is 421 g/mol. The molecule has 1 aliphatic rings. The number of aromatic hydroxyl groups is 1. The van der Waals surface area contributed by atoms with Gasteiger partial charge in [-0.3, -0.25) is 0 Å². The smallest absolute Gasteiger partial charge is 0.136 e. The zero-order valence-corrected chi connectivity index (χ0v) is 20.5. The standard InChI is InChI=1S/C26H44O2S/c1-19(2)10-7-11-20(3)12-8-13-21(4)14-9-15-26(6)18-29-24-17-23(27)16-22(5)25(24)28-26/h16-17,19-21,27H,7-15,18H2,1-6H3/t20-,21-,26?/m1/s1. The van der Waals surface area contributed by atoms with Crippen LogP contribution in [0.3, 0.4) is 0 Å². The van der Waals surface area contributed by atoms with Crippen LogP contribution in [-0.2, 0) is 0 Å². The summed E-state index contributed by atoms with van der Waals surface area (Å²) in [6, 6.07) is 3.63. The Morgan fingerprint density at radius 2 is 1.55 bits per heavy atom. The third-order valence-electron chi connectivity index (χ3n) is 6.38. The van der Waals surface area contributed by atoms with E-state index < -0.39 is 0 Å². The van der Waals surface area contributed by atoms with E-state index in [4.69, 9.17) is 4.74 Å². The second-order valence-corrected chi connectivity index (χ2v) is 11.3. The Bertz CT molecular complexity index is 627. The minimum Gasteiger partial charge on any atom is -0.508 e. The van der Waals surface area contributed by atoms with Crippen LogP contribution >= 0.6 is 11.8 Å². The Morgan fingerprint density at radius 3 is 2.17 bits per heavy atom. The predicted octanol–water partition coefficient (Wildman–Crippen LogP) is 8.38. The fourth-order valence-corrected chi connectivity index (χ4v) is 5.60. The molecule has 0 aliphatic carbocycles. The lowest BCUT2D eigenvalue weighted by Gasteiger charge is -2.36. The largest absolute Gasteiger partial charge is 0.508 e. The minimum atomic E-state index is -0.0932. The van der Waals surface area contributed by atoms with Gasteiger partial charge in [-0.15, -0.1) is 11.8 Å². The Morgan fingerprint density at radius 1 is 0.966 bits per heavy atom. The highest BCUT2D eigenvalue weighted by Crippen LogP contribution is 2.44. The second kappa shape index (κ2) is 11.5. The molecule has 29 heavy (non-hydrogen) atoms. The molecule has 0 aromatic heterocycles. The van der Waals surface area contributed by atoms with E-state index in [1.165, 1.54) is 51.4 Å². The normalized spacial score (nSPS) is 20.9. The van der Waals surface area contributed by atoms with Crippen LogP contribution in [0, 0.1) is 24.7 Å². The number of fused-ring (bicyclic) bond motifs is 1. The number of phenolic OH excluding ortho intramolecular Hbond substituents is 1. The van der Waals surface area contributed by atoms with Crippen molar-refractivity contribution in [3.05, 3.63) is 17.7 Å². The Hall–Kier alpha value is -0.830. The van der Waals surface area contributed by atoms with Gasteiger partial charge < -0.3 is 9.84 Å². The number of phenols is 1. The fourth-order valence-electron chi connectivity index (χ4n) is 4.39. The highest BCUT2D eigenvalue weighted by atomic mass is 32.2. The van der Waals surface area contributed by atoms with Crippen molar-refractivity contribution in [2.45, 2.75) is 110 Å². The van der Waals surface area contributed by atoms with Crippen molar-refractivity contribution in [1.82, 2.24) is 0 Å². The average Bonchev–Trinajstić information content (AvgIpc) is 2.62. The lowest BCUT2D eigenvalue weighted by Crippen LogP contribution is -2.38. The Labute approximate surface area is 184 Å². The topological polar surface area (TPSA) is 29.5 Å². The van der Waals surface area contributed by atoms with Crippen molar-refractivity contribution in [2.24, 2.45) is 17.8 Å². The summed E-state index contributed by atoms with van der Waals surface area (Å²) in [6.07, 6.45) is 11.9. The number of hydrogen-bond donors (Lipinski definition) is 1. The first kappa shape index (κ1) is 24.4. The van der Waals surface area contributed by atoms with Crippen LogP contribution in [-0.4, -0.2) is 16.5 Å². The van der Waals surface area contributed by atoms with Crippen molar-refractivity contribution in [3.8, 4) is 11.5 Å². The molecule has 3 atom stereocenters. The van der Waals surface area contributed by atoms with Crippen LogP contribution in [0.5, 0.6) is 11.5 Å². The molecule has 0 radical (unpaired) electrons. The molecule has 1 aliphatic heterocycles. The molecule has 1 heterocycles. The Balaban J connectivity index is 1.65. The van der Waals surface area contributed by atoms with Crippen molar-refractivity contribution >= 4 is 11.8 Å². The zero-order valence-electron chi connectivity index (χ0n) is 19.7. The molecule has 1 unspecified atom stereocenters. The van der Waals surface area contributed by atoms with Gasteiger partial charge in [0.1, 0.15) is 17.1 Å². The number of ether oxygens (including phenoxy) is 1. The number of thioether (sulfide) groups is 1. The van der Waals surface area contributed by atoms with E-state index in [0.717, 1.165) is 46.1 Å². The third kappa shape index (κ3) is 8.44. The van der Waals surface area contributed by atoms with Crippen molar-refractivity contribution in [2.75, 3.05) is 5.75 Å². The summed E-state index contributed by atoms with van der Waals surface area (Å²) in [5.41, 5.74) is 0.943. The number of benzene rings is 1. The Kier molecular flexibility index (Phi) is 9.72. The predicted molar refractivity (Wildman–Crippen MR) is 127 cm³/mol. The number of rotatable bonds is 12. The first-order valence-corrected chi connectivity index (χ1v) is 12.8. The molecule has 2 rings (SSSR count). The number of hydrogen-bond acceptors (Lipinski definition) is 3. The van der Waals surface area contributed by atoms with Gasteiger partial charge in [0.25, 0.3) is 0 Å². The first-order chi connectivity index (χ1) is 13.7. The zero-order chi connectivity index (χ0) is 21.4. The van der Waals surface area contributed by atoms with E-state index in [0.29, 0.717) is 5.75 Å². The van der Waals surface area contributed by atoms with Crippen molar-refractivity contribution in [3.63, 3.8) is 0 Å². The molecule has 1 aromatic rings. The molecule has 0 fully saturated rings. The van der Waals surface area contributed by atoms with Gasteiger partial charge in [0.2, 0.25) is 0 Å². The lowest BCUT2D eigenvalue weighted by atomic mass is 9.90. The third-order valence-corrected chi connectivity index (χ3v) is 7.75. The summed E-state index contributed by atoms with van der Waals surface area (Å²) in [6.45, 7) is 13.8. The van der Waals surface area contributed by atoms with Gasteiger partial charge in [-0.1, -0.05) is 72.6 Å². The van der Waals surface area contributed by atoms with Crippen molar-refractivity contribution in [1.29, 1.82) is 0 Å². The number of aryl methyl sites for hydroxylation is 1. The molecule has 0 saturated heterocycles. The molecule has 3 heteroatoms. The van der Waals surface area contributed by atoms with E-state index in [2.05, 4.69) is 34.6 Å². The van der Waals surface area contributed by atoms with Gasteiger partial charge >= 0.3 is 0 Å². The minimum absolute atomic E-state index is 0.0932. The van der Waals surface area contributed by atoms with Crippen LogP contribution in [0.15, 0.2) is 17.0 Å². The molecule has 0 spiro atoms. The van der Waals surface area contributed by atoms with E-state index in [-0.39, 0.29) is 5.60 Å². The van der Waals surface area contributed by atoms with Gasteiger partial charge in [0.05, 0.1) is 4.90 Å². The van der Waals surface area contributed by atoms with Gasteiger partial charge in [-0.2, -0.15) is 0 Å². The molecule has 0 bridgehead atoms. The maximum atomic E-state index is 9.80. The molecule has 0 amide bonds. The van der Waals surface area contributed by atoms with Crippen LogP contribution < -0.4 is 4.74 Å². The van der Waals surface area contributed by atoms with Crippen molar-refractivity contribution < 1.29 is 9.84 Å². The highest BCUT2D eigenvalue weighted by molar-refractivity contribution is 7.99. The second-order valence-electron chi connectivity index (χ2n) is 10.3. The van der Waals surface area contributed by atoms with Gasteiger partial charge in [-0.25, -0.2) is 0 Å². The quantitative estimate of drug-likeness (QED) is 0.368. The lowest BCUT2D eigenvalue weighted by molar-refractivity contribution is 0.0907. The summed E-state index contributed by atoms with van der Waals surface area (Å²) in [4.78, 5) is 1.08. The molecule has 166 valence electrons. The van der Waals surface area contributed by atoms with E-state index >= 15 is 0 Å². The molecule has 2 nitrogen and oxygen atoms in total. The van der Waals surface area contributed by atoms with Crippen LogP contribution in [0.25, 0.3) is 0 Å². The first-order valence-electron chi connectivity index (χ1n) is 11.8. The molecule has 1 N–H and O–H groups in total. The summed E-state index contributed by atoms with van der Waals surface area (Å²) in [7, 11) is 0. The van der Waals surface area contributed by atoms with Gasteiger partial charge in [-0.05, 0) is 62.1 Å². The SMILES string of the molecule is Cc1cc(O)cc2c1OC(C)(CCC[C@H](C)CCC[C@H](C)CCCC(C)C)CS2. The summed E-state index contributed by atoms with van der Waals surface area (Å²) in [5, 5.41) is 9.80. The van der Waals surface area contributed by atoms with E-state index in [1.807, 2.05) is 24.8 Å². The summed E-state index contributed by atoms with van der Waals surface area (Å²) >= 11 is 1.82. The van der Waals surface area contributed by atoms with Gasteiger partial charge in [0.15, 0.2) is 0 Å². The summed E-state index contributed by atoms with van der Waals surface area (Å²) < 4.78 is 6.42. The molecule has 1 aromatic carbocycles. The van der Waals surface area contributed by atoms with E-state index in [1.54, 1.807) is 6.07 Å². The van der Waals surface area contributed by atoms with Crippen LogP contribution in [0.4, 0.5) is 0 Å². The van der Waals surface area contributed by atoms with Crippen LogP contribution in [0.1, 0.15) is 98.0 Å². The molecular weight excluding hydrogens is 376 g/mol. The fraction of sp³-hybridized carbons (Fsp3) is 0.769. The highest BCUT2D eigenvalue weighted by Gasteiger charge is 2.33. The maximum absolute atomic E-state index is 9.80. The summed E-state index contributed by atoms with van der Waals surface area (Å²) in [5.74, 6) is 4.81.